The van der Waals surface area contributed by atoms with Crippen LogP contribution in [-0.2, 0) is 23.9 Å². The molecule has 3 aromatic carbocycles. The minimum atomic E-state index is -4.63. The van der Waals surface area contributed by atoms with Gasteiger partial charge in [-0.1, -0.05) is 18.2 Å². The number of phenols is 2. The second-order valence-corrected chi connectivity index (χ2v) is 8.61. The summed E-state index contributed by atoms with van der Waals surface area (Å²) in [7, 11) is -4.63. The minimum absolute atomic E-state index is 0.0368. The first-order valence-electron chi connectivity index (χ1n) is 9.59. The maximum Gasteiger partial charge on any atom is 0.339 e. The van der Waals surface area contributed by atoms with Crippen molar-refractivity contribution in [3.8, 4) is 11.5 Å². The van der Waals surface area contributed by atoms with Gasteiger partial charge in [-0.05, 0) is 53.7 Å². The lowest BCUT2D eigenvalue weighted by atomic mass is 9.93. The minimum Gasteiger partial charge on any atom is -0.508 e. The van der Waals surface area contributed by atoms with Gasteiger partial charge in [0.1, 0.15) is 10.6 Å². The van der Waals surface area contributed by atoms with Gasteiger partial charge in [0.15, 0.2) is 23.0 Å². The zero-order valence-corrected chi connectivity index (χ0v) is 17.9. The molecule has 0 heterocycles. The van der Waals surface area contributed by atoms with Crippen molar-refractivity contribution in [1.29, 1.82) is 0 Å². The molecule has 0 unspecified atom stereocenters. The van der Waals surface area contributed by atoms with Gasteiger partial charge < -0.3 is 14.4 Å². The van der Waals surface area contributed by atoms with Gasteiger partial charge in [0.25, 0.3) is 5.78 Å². The fourth-order valence-electron chi connectivity index (χ4n) is 3.34. The molecular formula is C23H15N2O8S+. The summed E-state index contributed by atoms with van der Waals surface area (Å²) in [6.45, 7) is 0. The van der Waals surface area contributed by atoms with Gasteiger partial charge in [-0.25, -0.2) is 0 Å². The summed E-state index contributed by atoms with van der Waals surface area (Å²) in [4.78, 5) is 37.2. The molecule has 170 valence electrons. The predicted molar refractivity (Wildman–Crippen MR) is 117 cm³/mol. The molecule has 10 nitrogen and oxygen atoms in total. The summed E-state index contributed by atoms with van der Waals surface area (Å²) < 4.78 is 30.8. The number of fused-ring (bicyclic) bond motifs is 1. The van der Waals surface area contributed by atoms with E-state index >= 15 is 0 Å². The Kier molecular flexibility index (Phi) is 5.55. The summed E-state index contributed by atoms with van der Waals surface area (Å²) in [5.41, 5.74) is 4.81. The van der Waals surface area contributed by atoms with Crippen LogP contribution in [0.3, 0.4) is 0 Å². The number of phenolic OH excluding ortho intramolecular Hbond substituents is 2. The number of carbonyl (C=O) groups is 3. The molecule has 34 heavy (non-hydrogen) atoms. The largest absolute Gasteiger partial charge is 0.508 e. The van der Waals surface area contributed by atoms with Crippen molar-refractivity contribution in [2.75, 3.05) is 0 Å². The number of nitrogens with zero attached hydrogens (tertiary/aromatic N) is 1. The molecule has 4 rings (SSSR count). The first-order valence-corrected chi connectivity index (χ1v) is 11.0. The van der Waals surface area contributed by atoms with Crippen LogP contribution in [-0.4, -0.2) is 36.0 Å². The third-order valence-corrected chi connectivity index (χ3v) is 6.32. The van der Waals surface area contributed by atoms with Gasteiger partial charge >= 0.3 is 10.1 Å². The molecule has 0 fully saturated rings. The lowest BCUT2D eigenvalue weighted by Crippen LogP contribution is -2.28. The summed E-state index contributed by atoms with van der Waals surface area (Å²) in [6.07, 6.45) is 1.91. The van der Waals surface area contributed by atoms with Crippen LogP contribution in [0.1, 0.15) is 10.4 Å². The monoisotopic (exact) mass is 479 g/mol. The zero-order valence-electron chi connectivity index (χ0n) is 17.1. The topological polar surface area (TPSA) is 173 Å². The number of rotatable bonds is 6. The van der Waals surface area contributed by atoms with E-state index in [1.54, 1.807) is 0 Å². The number of nitrogens with two attached hydrogens (primary N) is 1. The number of Topliss-reactive ketones (excluding diaryl/α,β-unsaturated/α-hetero) is 3. The smallest absolute Gasteiger partial charge is 0.339 e. The van der Waals surface area contributed by atoms with Crippen LogP contribution < -0.4 is 5.53 Å². The van der Waals surface area contributed by atoms with Crippen LogP contribution in [0, 0.1) is 0 Å². The van der Waals surface area contributed by atoms with Crippen LogP contribution in [0.4, 0.5) is 5.69 Å². The third-order valence-electron chi connectivity index (χ3n) is 5.03. The first-order chi connectivity index (χ1) is 16.1. The highest BCUT2D eigenvalue weighted by molar-refractivity contribution is 7.87. The van der Waals surface area contributed by atoms with Crippen LogP contribution in [0.15, 0.2) is 88.1 Å². The number of carbonyl (C=O) groups excluding carboxylic acids is 3. The molecule has 0 aromatic heterocycles. The summed E-state index contributed by atoms with van der Waals surface area (Å²) in [6, 6.07) is 11.7. The molecule has 1 aliphatic rings. The van der Waals surface area contributed by atoms with Crippen LogP contribution >= 0.6 is 0 Å². The van der Waals surface area contributed by atoms with Crippen molar-refractivity contribution >= 4 is 43.9 Å². The molecule has 4 N–H and O–H groups in total. The summed E-state index contributed by atoms with van der Waals surface area (Å²) in [5, 5.41) is 23.2. The molecule has 0 amide bonds. The number of hydrogen-bond donors (Lipinski definition) is 3. The van der Waals surface area contributed by atoms with Crippen LogP contribution in [0.5, 0.6) is 11.5 Å². The van der Waals surface area contributed by atoms with Crippen molar-refractivity contribution in [1.82, 2.24) is 0 Å². The van der Waals surface area contributed by atoms with E-state index in [2.05, 4.69) is 5.11 Å². The normalized spacial score (nSPS) is 13.9. The van der Waals surface area contributed by atoms with Crippen LogP contribution in [0.25, 0.3) is 10.8 Å². The van der Waals surface area contributed by atoms with Crippen molar-refractivity contribution in [2.24, 2.45) is 5.11 Å². The Morgan fingerprint density at radius 3 is 2.26 bits per heavy atom. The molecule has 0 saturated heterocycles. The van der Waals surface area contributed by atoms with Crippen molar-refractivity contribution in [2.45, 2.75) is 4.90 Å². The van der Waals surface area contributed by atoms with Crippen molar-refractivity contribution < 1.29 is 42.7 Å². The second-order valence-electron chi connectivity index (χ2n) is 7.10. The Bertz CT molecular complexity index is 1570. The Morgan fingerprint density at radius 2 is 1.59 bits per heavy atom. The SMILES string of the molecule is [NH2+]=Nc1ccc2c(S(=O)(=O)OC3=CC=C(C(=O)c4ccc(O)cc4)C(=O)C3=O)cccc2c1O. The second kappa shape index (κ2) is 8.37. The van der Waals surface area contributed by atoms with E-state index in [-0.39, 0.29) is 38.4 Å². The predicted octanol–water partition coefficient (Wildman–Crippen LogP) is 1.64. The highest BCUT2D eigenvalue weighted by atomic mass is 32.2. The number of hydrogen-bond acceptors (Lipinski definition) is 9. The van der Waals surface area contributed by atoms with Gasteiger partial charge in [0, 0.05) is 16.3 Å². The Morgan fingerprint density at radius 1 is 0.882 bits per heavy atom. The van der Waals surface area contributed by atoms with E-state index in [4.69, 9.17) is 9.71 Å². The van der Waals surface area contributed by atoms with E-state index in [0.717, 1.165) is 12.2 Å². The van der Waals surface area contributed by atoms with Crippen molar-refractivity contribution in [3.63, 3.8) is 0 Å². The van der Waals surface area contributed by atoms with Gasteiger partial charge in [0.05, 0.1) is 5.57 Å². The number of ketones is 3. The maximum absolute atomic E-state index is 12.9. The van der Waals surface area contributed by atoms with Gasteiger partial charge in [0.2, 0.25) is 5.78 Å². The van der Waals surface area contributed by atoms with E-state index < -0.39 is 38.8 Å². The Balaban J connectivity index is 1.70. The molecule has 0 radical (unpaired) electrons. The van der Waals surface area contributed by atoms with E-state index in [0.29, 0.717) is 0 Å². The Labute approximate surface area is 192 Å². The molecule has 0 saturated carbocycles. The number of allylic oxidation sites excluding steroid dienone is 4. The number of aromatic hydroxyl groups is 2. The number of benzene rings is 3. The molecule has 11 heteroatoms. The summed E-state index contributed by atoms with van der Waals surface area (Å²) >= 11 is 0. The van der Waals surface area contributed by atoms with Gasteiger partial charge in [-0.2, -0.15) is 13.9 Å². The highest BCUT2D eigenvalue weighted by Gasteiger charge is 2.34. The molecule has 3 aromatic rings. The zero-order chi connectivity index (χ0) is 24.6. The third kappa shape index (κ3) is 3.84. The van der Waals surface area contributed by atoms with Crippen LogP contribution in [0.2, 0.25) is 0 Å². The fourth-order valence-corrected chi connectivity index (χ4v) is 4.49. The van der Waals surface area contributed by atoms with E-state index in [1.165, 1.54) is 54.6 Å². The van der Waals surface area contributed by atoms with Crippen molar-refractivity contribution in [3.05, 3.63) is 83.6 Å². The molecule has 0 aliphatic heterocycles. The van der Waals surface area contributed by atoms with Gasteiger partial charge in [-0.3, -0.25) is 14.4 Å². The Hall–Kier alpha value is -4.64. The van der Waals surface area contributed by atoms with E-state index in [1.807, 2.05) is 0 Å². The quantitative estimate of drug-likeness (QED) is 0.119. The fraction of sp³-hybridized carbons (Fsp3) is 0. The maximum atomic E-state index is 12.9. The summed E-state index contributed by atoms with van der Waals surface area (Å²) in [5.74, 6) is -4.56. The highest BCUT2D eigenvalue weighted by Crippen LogP contribution is 2.37. The lowest BCUT2D eigenvalue weighted by molar-refractivity contribution is -0.210. The molecule has 0 atom stereocenters. The molecule has 0 spiro atoms. The molecule has 1 aliphatic carbocycles. The molecule has 0 bridgehead atoms. The average molecular weight is 479 g/mol. The average Bonchev–Trinajstić information content (AvgIpc) is 2.82. The first kappa shape index (κ1) is 22.6. The van der Waals surface area contributed by atoms with Gasteiger partial charge in [-0.15, -0.1) is 0 Å². The lowest BCUT2D eigenvalue weighted by Gasteiger charge is -2.14. The van der Waals surface area contributed by atoms with E-state index in [9.17, 15) is 33.0 Å². The standard InChI is InChI=1S/C23H14N2O8S/c24-25-17-10-8-14-15(21(17)28)2-1-3-19(14)34(31,32)33-18-11-9-16(22(29)23(18)30)20(27)12-4-6-13(26)7-5-12/h1-11,24,26,28H/p+1. The molecular weight excluding hydrogens is 464 g/mol.